The number of benzene rings is 2. The number of ether oxygens (including phenoxy) is 2. The van der Waals surface area contributed by atoms with Gasteiger partial charge in [-0.15, -0.1) is 0 Å². The summed E-state index contributed by atoms with van der Waals surface area (Å²) in [6.07, 6.45) is 0.317. The maximum atomic E-state index is 10.9. The smallest absolute Gasteiger partial charge is 0.322 e. The summed E-state index contributed by atoms with van der Waals surface area (Å²) in [6.45, 7) is 4.92. The largest absolute Gasteiger partial charge is 0.480 e. The summed E-state index contributed by atoms with van der Waals surface area (Å²) < 4.78 is 11.7. The molecule has 0 heterocycles. The average molecular weight is 357 g/mol. The molecule has 26 heavy (non-hydrogen) atoms. The third kappa shape index (κ3) is 5.86. The van der Waals surface area contributed by atoms with E-state index >= 15 is 0 Å². The molecule has 0 saturated carbocycles. The van der Waals surface area contributed by atoms with Gasteiger partial charge in [-0.3, -0.25) is 4.79 Å². The Bertz CT molecular complexity index is 669. The van der Waals surface area contributed by atoms with Crippen molar-refractivity contribution >= 4 is 11.7 Å². The van der Waals surface area contributed by atoms with Crippen molar-refractivity contribution in [2.75, 3.05) is 25.1 Å². The fourth-order valence-electron chi connectivity index (χ4n) is 2.96. The lowest BCUT2D eigenvalue weighted by molar-refractivity contribution is -0.150. The van der Waals surface area contributed by atoms with Crippen molar-refractivity contribution < 1.29 is 19.4 Å². The number of nitrogens with one attached hydrogen (secondary N) is 1. The fourth-order valence-corrected chi connectivity index (χ4v) is 2.96. The third-order valence-corrected chi connectivity index (χ3v) is 4.11. The van der Waals surface area contributed by atoms with Crippen molar-refractivity contribution in [2.24, 2.45) is 0 Å². The second-order valence-electron chi connectivity index (χ2n) is 5.90. The van der Waals surface area contributed by atoms with E-state index in [2.05, 4.69) is 17.4 Å². The van der Waals surface area contributed by atoms with Crippen LogP contribution in [-0.2, 0) is 20.7 Å². The summed E-state index contributed by atoms with van der Waals surface area (Å²) in [7, 11) is 0. The van der Waals surface area contributed by atoms with Crippen LogP contribution < -0.4 is 5.32 Å². The number of hydrogen-bond donors (Lipinski definition) is 2. The van der Waals surface area contributed by atoms with Gasteiger partial charge in [0.2, 0.25) is 0 Å². The fraction of sp³-hybridized carbons (Fsp3) is 0.381. The Morgan fingerprint density at radius 1 is 1.00 bits per heavy atom. The minimum Gasteiger partial charge on any atom is -0.480 e. The van der Waals surface area contributed by atoms with Gasteiger partial charge >= 0.3 is 5.97 Å². The monoisotopic (exact) mass is 357 g/mol. The normalized spacial score (nSPS) is 12.1. The summed E-state index contributed by atoms with van der Waals surface area (Å²) >= 11 is 0. The molecule has 1 atom stereocenters. The summed E-state index contributed by atoms with van der Waals surface area (Å²) in [6, 6.07) is 17.9. The van der Waals surface area contributed by atoms with Crippen molar-refractivity contribution in [3.63, 3.8) is 0 Å². The molecule has 2 N–H and O–H groups in total. The van der Waals surface area contributed by atoms with Crippen molar-refractivity contribution in [3.8, 4) is 0 Å². The van der Waals surface area contributed by atoms with Gasteiger partial charge in [0.25, 0.3) is 0 Å². The van der Waals surface area contributed by atoms with Gasteiger partial charge in [0, 0.05) is 24.8 Å². The summed E-state index contributed by atoms with van der Waals surface area (Å²) in [5.74, 6) is -0.884. The number of carboxylic acids is 1. The van der Waals surface area contributed by atoms with Gasteiger partial charge in [-0.05, 0) is 37.5 Å². The zero-order valence-corrected chi connectivity index (χ0v) is 15.4. The topological polar surface area (TPSA) is 67.8 Å². The van der Waals surface area contributed by atoms with Crippen LogP contribution in [0.3, 0.4) is 0 Å². The number of para-hydroxylation sites is 1. The molecule has 5 nitrogen and oxygen atoms in total. The molecule has 0 fully saturated rings. The Hall–Kier alpha value is -2.37. The molecule has 0 amide bonds. The minimum absolute atomic E-state index is 0.00359. The standard InChI is InChI=1S/C21H27NO4/c1-3-25-21(26-4-2)18(16-10-6-5-7-11-16)14-17-12-8-9-13-19(17)22-15-20(23)24/h5-13,18,21-22H,3-4,14-15H2,1-2H3,(H,23,24). The minimum atomic E-state index is -0.888. The number of carbonyl (C=O) groups is 1. The van der Waals surface area contributed by atoms with Crippen LogP contribution >= 0.6 is 0 Å². The summed E-state index contributed by atoms with van der Waals surface area (Å²) in [4.78, 5) is 10.9. The Balaban J connectivity index is 2.30. The predicted molar refractivity (Wildman–Crippen MR) is 102 cm³/mol. The Kier molecular flexibility index (Phi) is 8.12. The highest BCUT2D eigenvalue weighted by Crippen LogP contribution is 2.30. The van der Waals surface area contributed by atoms with E-state index in [1.807, 2.05) is 56.3 Å². The molecule has 0 aliphatic carbocycles. The first-order valence-corrected chi connectivity index (χ1v) is 8.97. The molecule has 2 aromatic carbocycles. The average Bonchev–Trinajstić information content (AvgIpc) is 2.66. The molecular weight excluding hydrogens is 330 g/mol. The number of hydrogen-bond acceptors (Lipinski definition) is 4. The van der Waals surface area contributed by atoms with E-state index in [0.29, 0.717) is 19.6 Å². The van der Waals surface area contributed by atoms with Crippen LogP contribution in [0.1, 0.15) is 30.9 Å². The molecule has 1 unspecified atom stereocenters. The molecule has 5 heteroatoms. The van der Waals surface area contributed by atoms with Gasteiger partial charge in [0.1, 0.15) is 6.54 Å². The predicted octanol–water partition coefficient (Wildman–Crippen LogP) is 3.91. The Morgan fingerprint density at radius 2 is 1.62 bits per heavy atom. The van der Waals surface area contributed by atoms with E-state index in [4.69, 9.17) is 14.6 Å². The van der Waals surface area contributed by atoms with E-state index in [0.717, 1.165) is 16.8 Å². The zero-order chi connectivity index (χ0) is 18.8. The lowest BCUT2D eigenvalue weighted by Crippen LogP contribution is -2.28. The van der Waals surface area contributed by atoms with Crippen LogP contribution in [0.5, 0.6) is 0 Å². The second-order valence-corrected chi connectivity index (χ2v) is 5.90. The van der Waals surface area contributed by atoms with E-state index in [-0.39, 0.29) is 18.8 Å². The quantitative estimate of drug-likeness (QED) is 0.597. The summed E-state index contributed by atoms with van der Waals surface area (Å²) in [5, 5.41) is 11.9. The molecule has 0 aliphatic heterocycles. The van der Waals surface area contributed by atoms with E-state index in [9.17, 15) is 4.79 Å². The van der Waals surface area contributed by atoms with Gasteiger partial charge in [0.05, 0.1) is 0 Å². The van der Waals surface area contributed by atoms with Crippen molar-refractivity contribution in [3.05, 3.63) is 65.7 Å². The van der Waals surface area contributed by atoms with Crippen molar-refractivity contribution in [2.45, 2.75) is 32.5 Å². The first kappa shape index (κ1) is 19.9. The second kappa shape index (κ2) is 10.6. The van der Waals surface area contributed by atoms with Crippen LogP contribution in [0.25, 0.3) is 0 Å². The number of anilines is 1. The molecule has 0 saturated heterocycles. The molecule has 0 bridgehead atoms. The molecule has 0 spiro atoms. The third-order valence-electron chi connectivity index (χ3n) is 4.11. The SMILES string of the molecule is CCOC(OCC)C(Cc1ccccc1NCC(=O)O)c1ccccc1. The number of aliphatic carboxylic acids is 1. The molecular formula is C21H27NO4. The van der Waals surface area contributed by atoms with Gasteiger partial charge in [-0.2, -0.15) is 0 Å². The maximum Gasteiger partial charge on any atom is 0.322 e. The maximum absolute atomic E-state index is 10.9. The van der Waals surface area contributed by atoms with Crippen LogP contribution in [-0.4, -0.2) is 37.1 Å². The van der Waals surface area contributed by atoms with Gasteiger partial charge < -0.3 is 19.9 Å². The van der Waals surface area contributed by atoms with Crippen LogP contribution in [0.4, 0.5) is 5.69 Å². The first-order chi connectivity index (χ1) is 12.7. The first-order valence-electron chi connectivity index (χ1n) is 8.97. The summed E-state index contributed by atoms with van der Waals surface area (Å²) in [5.41, 5.74) is 2.99. The molecule has 0 aliphatic rings. The Morgan fingerprint density at radius 3 is 2.23 bits per heavy atom. The van der Waals surface area contributed by atoms with Crippen molar-refractivity contribution in [1.29, 1.82) is 0 Å². The molecule has 140 valence electrons. The zero-order valence-electron chi connectivity index (χ0n) is 15.4. The molecule has 0 radical (unpaired) electrons. The lowest BCUT2D eigenvalue weighted by atomic mass is 9.90. The Labute approximate surface area is 155 Å². The van der Waals surface area contributed by atoms with Crippen molar-refractivity contribution in [1.82, 2.24) is 0 Å². The lowest BCUT2D eigenvalue weighted by Gasteiger charge is -2.28. The van der Waals surface area contributed by atoms with Gasteiger partial charge in [-0.1, -0.05) is 48.5 Å². The van der Waals surface area contributed by atoms with E-state index < -0.39 is 5.97 Å². The molecule has 2 rings (SSSR count). The van der Waals surface area contributed by atoms with Crippen LogP contribution in [0.15, 0.2) is 54.6 Å². The van der Waals surface area contributed by atoms with Gasteiger partial charge in [-0.25, -0.2) is 0 Å². The highest BCUT2D eigenvalue weighted by Gasteiger charge is 2.25. The van der Waals surface area contributed by atoms with Crippen LogP contribution in [0.2, 0.25) is 0 Å². The van der Waals surface area contributed by atoms with E-state index in [1.165, 1.54) is 0 Å². The van der Waals surface area contributed by atoms with E-state index in [1.54, 1.807) is 0 Å². The van der Waals surface area contributed by atoms with Gasteiger partial charge in [0.15, 0.2) is 6.29 Å². The molecule has 2 aromatic rings. The van der Waals surface area contributed by atoms with Crippen LogP contribution in [0, 0.1) is 0 Å². The molecule has 0 aromatic heterocycles. The highest BCUT2D eigenvalue weighted by atomic mass is 16.7. The number of carboxylic acid groups (broad SMARTS) is 1. The number of rotatable bonds is 11. The highest BCUT2D eigenvalue weighted by molar-refractivity contribution is 5.73.